The fraction of sp³-hybridized carbons (Fsp3) is 0.318. The number of aliphatic carboxylic acids is 1. The van der Waals surface area contributed by atoms with E-state index in [9.17, 15) is 20.0 Å². The van der Waals surface area contributed by atoms with Crippen molar-refractivity contribution in [3.8, 4) is 11.5 Å². The minimum absolute atomic E-state index is 0.0659. The van der Waals surface area contributed by atoms with E-state index in [-0.39, 0.29) is 25.6 Å². The first-order valence-electron chi connectivity index (χ1n) is 10.7. The molecule has 1 aromatic heterocycles. The Morgan fingerprint density at radius 2 is 1.97 bits per heavy atom. The van der Waals surface area contributed by atoms with Crippen LogP contribution in [0.2, 0.25) is 0 Å². The summed E-state index contributed by atoms with van der Waals surface area (Å²) in [6.07, 6.45) is 1.35. The Kier molecular flexibility index (Phi) is 5.72. The van der Waals surface area contributed by atoms with Crippen LogP contribution in [-0.2, 0) is 11.3 Å². The number of anilines is 2. The third kappa shape index (κ3) is 4.22. The second-order valence-corrected chi connectivity index (χ2v) is 7.99. The molecule has 0 aliphatic carbocycles. The first-order chi connectivity index (χ1) is 16.5. The normalized spacial score (nSPS) is 14.9. The van der Waals surface area contributed by atoms with Crippen molar-refractivity contribution in [3.63, 3.8) is 0 Å². The predicted molar refractivity (Wildman–Crippen MR) is 123 cm³/mol. The zero-order chi connectivity index (χ0) is 23.7. The second kappa shape index (κ2) is 8.98. The highest BCUT2D eigenvalue weighted by Gasteiger charge is 2.25. The molecule has 2 aromatic carbocycles. The van der Waals surface area contributed by atoms with Crippen molar-refractivity contribution < 1.29 is 24.3 Å². The lowest BCUT2D eigenvalue weighted by atomic mass is 10.1. The van der Waals surface area contributed by atoms with E-state index in [0.29, 0.717) is 47.0 Å². The van der Waals surface area contributed by atoms with Gasteiger partial charge in [0.05, 0.1) is 10.4 Å². The maximum absolute atomic E-state index is 12.0. The lowest BCUT2D eigenvalue weighted by Gasteiger charge is -2.29. The molecule has 2 N–H and O–H groups in total. The smallest absolute Gasteiger partial charge is 0.323 e. The minimum Gasteiger partial charge on any atom is -0.480 e. The molecule has 0 bridgehead atoms. The molecule has 1 fully saturated rings. The maximum Gasteiger partial charge on any atom is 0.323 e. The molecule has 5 rings (SSSR count). The molecule has 1 saturated heterocycles. The van der Waals surface area contributed by atoms with Crippen molar-refractivity contribution in [2.75, 3.05) is 49.3 Å². The first kappa shape index (κ1) is 21.6. The Hall–Kier alpha value is -4.19. The maximum atomic E-state index is 12.0. The van der Waals surface area contributed by atoms with Crippen LogP contribution >= 0.6 is 0 Å². The van der Waals surface area contributed by atoms with Crippen LogP contribution in [0.15, 0.2) is 36.7 Å². The minimum atomic E-state index is -1.06. The van der Waals surface area contributed by atoms with Crippen LogP contribution in [0, 0.1) is 10.1 Å². The predicted octanol–water partition coefficient (Wildman–Crippen LogP) is 1.77. The van der Waals surface area contributed by atoms with Gasteiger partial charge in [-0.25, -0.2) is 9.97 Å². The number of nitrogens with one attached hydrogen (secondary N) is 1. The van der Waals surface area contributed by atoms with Crippen LogP contribution in [0.3, 0.4) is 0 Å². The third-order valence-corrected chi connectivity index (χ3v) is 5.80. The van der Waals surface area contributed by atoms with Gasteiger partial charge in [-0.15, -0.1) is 0 Å². The van der Waals surface area contributed by atoms with Crippen molar-refractivity contribution >= 4 is 34.1 Å². The van der Waals surface area contributed by atoms with Crippen LogP contribution in [-0.4, -0.2) is 65.5 Å². The quantitative estimate of drug-likeness (QED) is 0.388. The van der Waals surface area contributed by atoms with Crippen molar-refractivity contribution in [1.82, 2.24) is 15.3 Å². The number of piperazine rings is 1. The molecule has 0 atom stereocenters. The van der Waals surface area contributed by atoms with Crippen LogP contribution in [0.1, 0.15) is 5.56 Å². The van der Waals surface area contributed by atoms with E-state index >= 15 is 0 Å². The number of nitro benzene ring substituents is 1. The van der Waals surface area contributed by atoms with Gasteiger partial charge in [-0.1, -0.05) is 6.07 Å². The number of carboxylic acids is 1. The SMILES string of the molecule is O=C(O)CN(Cc1ccc2c(c1)OCO2)c1ncnc2cc(N3CCNCC3)c([N+](=O)[O-])cc12. The average Bonchev–Trinajstić information content (AvgIpc) is 3.30. The first-order valence-corrected chi connectivity index (χ1v) is 10.7. The molecule has 12 nitrogen and oxygen atoms in total. The molecule has 12 heteroatoms. The number of ether oxygens (including phenoxy) is 2. The van der Waals surface area contributed by atoms with Crippen molar-refractivity contribution in [2.45, 2.75) is 6.54 Å². The molecule has 176 valence electrons. The van der Waals surface area contributed by atoms with Gasteiger partial charge in [-0.05, 0) is 23.8 Å². The van der Waals surface area contributed by atoms with Crippen molar-refractivity contribution in [3.05, 3.63) is 52.3 Å². The van der Waals surface area contributed by atoms with E-state index < -0.39 is 10.9 Å². The fourth-order valence-electron chi connectivity index (χ4n) is 4.25. The van der Waals surface area contributed by atoms with Crippen LogP contribution in [0.25, 0.3) is 10.9 Å². The highest BCUT2D eigenvalue weighted by molar-refractivity contribution is 5.96. The summed E-state index contributed by atoms with van der Waals surface area (Å²) in [7, 11) is 0. The molecule has 0 spiro atoms. The van der Waals surface area contributed by atoms with Gasteiger partial charge in [0.15, 0.2) is 11.5 Å². The molecular weight excluding hydrogens is 444 g/mol. The summed E-state index contributed by atoms with van der Waals surface area (Å²) in [5.41, 5.74) is 1.71. The second-order valence-electron chi connectivity index (χ2n) is 7.99. The Morgan fingerprint density at radius 3 is 2.74 bits per heavy atom. The van der Waals surface area contributed by atoms with Crippen LogP contribution in [0.4, 0.5) is 17.2 Å². The van der Waals surface area contributed by atoms with Gasteiger partial charge in [0.2, 0.25) is 6.79 Å². The van der Waals surface area contributed by atoms with Crippen molar-refractivity contribution in [2.24, 2.45) is 0 Å². The number of hydrogen-bond acceptors (Lipinski definition) is 10. The van der Waals surface area contributed by atoms with Crippen LogP contribution in [0.5, 0.6) is 11.5 Å². The number of rotatable bonds is 7. The molecule has 34 heavy (non-hydrogen) atoms. The van der Waals surface area contributed by atoms with E-state index in [0.717, 1.165) is 18.7 Å². The molecular formula is C22H22N6O6. The molecule has 0 saturated carbocycles. The number of nitro groups is 1. The van der Waals surface area contributed by atoms with E-state index in [1.54, 1.807) is 23.1 Å². The number of carbonyl (C=O) groups is 1. The molecule has 2 aliphatic heterocycles. The summed E-state index contributed by atoms with van der Waals surface area (Å²) in [5, 5.41) is 25.2. The summed E-state index contributed by atoms with van der Waals surface area (Å²) in [4.78, 5) is 35.4. The topological polar surface area (TPSA) is 143 Å². The van der Waals surface area contributed by atoms with Gasteiger partial charge in [-0.2, -0.15) is 0 Å². The standard InChI is InChI=1S/C22H22N6O6/c29-21(30)11-27(10-14-1-2-19-20(7-14)34-13-33-19)22-15-8-18(28(31)32)17(9-16(15)24-12-25-22)26-5-3-23-4-6-26/h1-2,7-9,12,23H,3-6,10-11,13H2,(H,29,30). The molecule has 0 amide bonds. The number of aromatic nitrogens is 2. The zero-order valence-corrected chi connectivity index (χ0v) is 18.1. The third-order valence-electron chi connectivity index (χ3n) is 5.80. The summed E-state index contributed by atoms with van der Waals surface area (Å²) < 4.78 is 10.8. The lowest BCUT2D eigenvalue weighted by molar-refractivity contribution is -0.384. The largest absolute Gasteiger partial charge is 0.480 e. The Morgan fingerprint density at radius 1 is 1.18 bits per heavy atom. The Bertz CT molecular complexity index is 1260. The lowest BCUT2D eigenvalue weighted by Crippen LogP contribution is -2.43. The Balaban J connectivity index is 1.57. The van der Waals surface area contributed by atoms with Gasteiger partial charge < -0.3 is 29.7 Å². The number of benzene rings is 2. The summed E-state index contributed by atoms with van der Waals surface area (Å²) in [6, 6.07) is 8.49. The molecule has 0 unspecified atom stereocenters. The van der Waals surface area contributed by atoms with E-state index in [4.69, 9.17) is 9.47 Å². The number of nitrogens with zero attached hydrogens (tertiary/aromatic N) is 5. The van der Waals surface area contributed by atoms with Crippen molar-refractivity contribution in [1.29, 1.82) is 0 Å². The molecule has 3 aromatic rings. The van der Waals surface area contributed by atoms with E-state index in [1.807, 2.05) is 11.0 Å². The summed E-state index contributed by atoms with van der Waals surface area (Å²) in [6.45, 7) is 2.71. The number of fused-ring (bicyclic) bond motifs is 2. The molecule has 0 radical (unpaired) electrons. The fourth-order valence-corrected chi connectivity index (χ4v) is 4.25. The number of carboxylic acid groups (broad SMARTS) is 1. The zero-order valence-electron chi connectivity index (χ0n) is 18.1. The number of hydrogen-bond donors (Lipinski definition) is 2. The van der Waals surface area contributed by atoms with Gasteiger partial charge in [0.1, 0.15) is 24.4 Å². The monoisotopic (exact) mass is 466 g/mol. The highest BCUT2D eigenvalue weighted by atomic mass is 16.7. The van der Waals surface area contributed by atoms with E-state index in [1.165, 1.54) is 12.4 Å². The Labute approximate surface area is 193 Å². The molecule has 2 aliphatic rings. The van der Waals surface area contributed by atoms with Crippen LogP contribution < -0.4 is 24.6 Å². The van der Waals surface area contributed by atoms with Gasteiger partial charge in [0, 0.05) is 44.2 Å². The average molecular weight is 466 g/mol. The molecule has 3 heterocycles. The van der Waals surface area contributed by atoms with Gasteiger partial charge in [-0.3, -0.25) is 14.9 Å². The highest BCUT2D eigenvalue weighted by Crippen LogP contribution is 2.37. The van der Waals surface area contributed by atoms with Gasteiger partial charge in [0.25, 0.3) is 5.69 Å². The van der Waals surface area contributed by atoms with Gasteiger partial charge >= 0.3 is 5.97 Å². The van der Waals surface area contributed by atoms with E-state index in [2.05, 4.69) is 15.3 Å². The summed E-state index contributed by atoms with van der Waals surface area (Å²) in [5.74, 6) is 0.452. The summed E-state index contributed by atoms with van der Waals surface area (Å²) >= 11 is 0.